The van der Waals surface area contributed by atoms with E-state index in [1.54, 1.807) is 16.8 Å². The molecule has 0 saturated carbocycles. The van der Waals surface area contributed by atoms with Gasteiger partial charge in [-0.2, -0.15) is 0 Å². The van der Waals surface area contributed by atoms with Crippen LogP contribution in [-0.2, 0) is 6.54 Å². The van der Waals surface area contributed by atoms with Crippen molar-refractivity contribution in [2.75, 3.05) is 6.54 Å². The lowest BCUT2D eigenvalue weighted by Crippen LogP contribution is -2.11. The van der Waals surface area contributed by atoms with Crippen LogP contribution < -0.4 is 5.32 Å². The first-order chi connectivity index (χ1) is 8.20. The summed E-state index contributed by atoms with van der Waals surface area (Å²) in [7, 11) is 0. The van der Waals surface area contributed by atoms with Crippen molar-refractivity contribution >= 4 is 23.2 Å². The smallest absolute Gasteiger partial charge is 0.0969 e. The maximum atomic E-state index is 5.95. The molecule has 4 nitrogen and oxygen atoms in total. The summed E-state index contributed by atoms with van der Waals surface area (Å²) in [5, 5.41) is 12.3. The summed E-state index contributed by atoms with van der Waals surface area (Å²) in [6.45, 7) is 3.65. The Hall–Kier alpha value is -1.10. The first-order valence-electron chi connectivity index (χ1n) is 5.28. The summed E-state index contributed by atoms with van der Waals surface area (Å²) in [5.74, 6) is 0. The van der Waals surface area contributed by atoms with E-state index in [1.807, 2.05) is 19.2 Å². The third kappa shape index (κ3) is 2.97. The van der Waals surface area contributed by atoms with E-state index in [4.69, 9.17) is 23.2 Å². The van der Waals surface area contributed by atoms with Crippen molar-refractivity contribution in [1.82, 2.24) is 20.3 Å². The Morgan fingerprint density at radius 3 is 2.82 bits per heavy atom. The second kappa shape index (κ2) is 5.49. The normalized spacial score (nSPS) is 10.8. The van der Waals surface area contributed by atoms with Crippen molar-refractivity contribution in [3.8, 4) is 5.69 Å². The third-order valence-electron chi connectivity index (χ3n) is 2.26. The molecule has 0 aliphatic carbocycles. The molecule has 0 amide bonds. The van der Waals surface area contributed by atoms with Crippen LogP contribution in [-0.4, -0.2) is 21.5 Å². The highest BCUT2D eigenvalue weighted by Gasteiger charge is 2.04. The van der Waals surface area contributed by atoms with Gasteiger partial charge in [0.2, 0.25) is 0 Å². The standard InChI is InChI=1S/C11H12Cl2N4/c1-2-14-6-8-7-17(16-15-8)9-3-4-10(12)11(13)5-9/h3-5,7,14H,2,6H2,1H3. The lowest BCUT2D eigenvalue weighted by atomic mass is 10.3. The zero-order valence-electron chi connectivity index (χ0n) is 9.32. The fraction of sp³-hybridized carbons (Fsp3) is 0.273. The van der Waals surface area contributed by atoms with Gasteiger partial charge in [-0.15, -0.1) is 5.10 Å². The van der Waals surface area contributed by atoms with Crippen molar-refractivity contribution in [2.45, 2.75) is 13.5 Å². The second-order valence-corrected chi connectivity index (χ2v) is 4.35. The summed E-state index contributed by atoms with van der Waals surface area (Å²) >= 11 is 11.8. The lowest BCUT2D eigenvalue weighted by Gasteiger charge is -2.01. The number of benzene rings is 1. The second-order valence-electron chi connectivity index (χ2n) is 3.53. The molecule has 0 radical (unpaired) electrons. The average Bonchev–Trinajstić information content (AvgIpc) is 2.79. The molecule has 0 atom stereocenters. The third-order valence-corrected chi connectivity index (χ3v) is 3.00. The Bertz CT molecular complexity index is 510. The molecule has 1 heterocycles. The molecule has 0 spiro atoms. The zero-order chi connectivity index (χ0) is 12.3. The molecule has 1 aromatic carbocycles. The van der Waals surface area contributed by atoms with Crippen LogP contribution in [0.15, 0.2) is 24.4 Å². The number of hydrogen-bond donors (Lipinski definition) is 1. The van der Waals surface area contributed by atoms with Crippen LogP contribution in [0, 0.1) is 0 Å². The summed E-state index contributed by atoms with van der Waals surface area (Å²) in [4.78, 5) is 0. The monoisotopic (exact) mass is 270 g/mol. The Kier molecular flexibility index (Phi) is 3.99. The van der Waals surface area contributed by atoms with Crippen molar-refractivity contribution in [1.29, 1.82) is 0 Å². The van der Waals surface area contributed by atoms with E-state index in [2.05, 4.69) is 15.6 Å². The first kappa shape index (κ1) is 12.4. The lowest BCUT2D eigenvalue weighted by molar-refractivity contribution is 0.705. The van der Waals surface area contributed by atoms with E-state index in [0.29, 0.717) is 16.6 Å². The number of hydrogen-bond acceptors (Lipinski definition) is 3. The molecule has 0 aliphatic heterocycles. The largest absolute Gasteiger partial charge is 0.311 e. The Morgan fingerprint density at radius 1 is 1.29 bits per heavy atom. The SMILES string of the molecule is CCNCc1cn(-c2ccc(Cl)c(Cl)c2)nn1. The predicted molar refractivity (Wildman–Crippen MR) is 68.8 cm³/mol. The van der Waals surface area contributed by atoms with Gasteiger partial charge in [0.25, 0.3) is 0 Å². The Balaban J connectivity index is 2.21. The average molecular weight is 271 g/mol. The van der Waals surface area contributed by atoms with Gasteiger partial charge < -0.3 is 5.32 Å². The number of nitrogens with one attached hydrogen (secondary N) is 1. The predicted octanol–water partition coefficient (Wildman–Crippen LogP) is 2.68. The molecule has 6 heteroatoms. The summed E-state index contributed by atoms with van der Waals surface area (Å²) in [6, 6.07) is 5.35. The van der Waals surface area contributed by atoms with Crippen LogP contribution in [0.1, 0.15) is 12.6 Å². The van der Waals surface area contributed by atoms with Gasteiger partial charge in [0, 0.05) is 6.54 Å². The highest BCUT2D eigenvalue weighted by atomic mass is 35.5. The van der Waals surface area contributed by atoms with E-state index in [0.717, 1.165) is 17.9 Å². The zero-order valence-corrected chi connectivity index (χ0v) is 10.8. The molecule has 0 aliphatic rings. The highest BCUT2D eigenvalue weighted by molar-refractivity contribution is 6.42. The molecule has 2 aromatic rings. The molecule has 0 fully saturated rings. The number of rotatable bonds is 4. The molecule has 1 aromatic heterocycles. The Morgan fingerprint density at radius 2 is 2.12 bits per heavy atom. The maximum absolute atomic E-state index is 5.95. The minimum Gasteiger partial charge on any atom is -0.311 e. The van der Waals surface area contributed by atoms with Gasteiger partial charge in [-0.25, -0.2) is 4.68 Å². The fourth-order valence-corrected chi connectivity index (χ4v) is 1.68. The minimum atomic E-state index is 0.507. The van der Waals surface area contributed by atoms with Crippen molar-refractivity contribution < 1.29 is 0 Å². The van der Waals surface area contributed by atoms with E-state index >= 15 is 0 Å². The van der Waals surface area contributed by atoms with Gasteiger partial charge in [-0.05, 0) is 24.7 Å². The summed E-state index contributed by atoms with van der Waals surface area (Å²) in [5.41, 5.74) is 1.73. The maximum Gasteiger partial charge on any atom is 0.0969 e. The number of halogens is 2. The molecule has 90 valence electrons. The van der Waals surface area contributed by atoms with E-state index in [1.165, 1.54) is 0 Å². The quantitative estimate of drug-likeness (QED) is 0.929. The number of aromatic nitrogens is 3. The molecule has 1 N–H and O–H groups in total. The van der Waals surface area contributed by atoms with Gasteiger partial charge >= 0.3 is 0 Å². The summed E-state index contributed by atoms with van der Waals surface area (Å²) < 4.78 is 1.68. The van der Waals surface area contributed by atoms with Crippen molar-refractivity contribution in [3.05, 3.63) is 40.1 Å². The van der Waals surface area contributed by atoms with Gasteiger partial charge in [-0.3, -0.25) is 0 Å². The molecule has 0 unspecified atom stereocenters. The molecule has 2 rings (SSSR count). The van der Waals surface area contributed by atoms with Crippen LogP contribution in [0.3, 0.4) is 0 Å². The van der Waals surface area contributed by atoms with Crippen LogP contribution in [0.25, 0.3) is 5.69 Å². The Labute approximate surface area is 110 Å². The molecule has 0 bridgehead atoms. The topological polar surface area (TPSA) is 42.7 Å². The minimum absolute atomic E-state index is 0.507. The van der Waals surface area contributed by atoms with Crippen LogP contribution in [0.5, 0.6) is 0 Å². The van der Waals surface area contributed by atoms with Gasteiger partial charge in [-0.1, -0.05) is 35.3 Å². The fourth-order valence-electron chi connectivity index (χ4n) is 1.39. The van der Waals surface area contributed by atoms with Gasteiger partial charge in [0.05, 0.1) is 27.6 Å². The first-order valence-corrected chi connectivity index (χ1v) is 6.03. The van der Waals surface area contributed by atoms with Gasteiger partial charge in [0.1, 0.15) is 0 Å². The molecular formula is C11H12Cl2N4. The van der Waals surface area contributed by atoms with Crippen LogP contribution >= 0.6 is 23.2 Å². The van der Waals surface area contributed by atoms with E-state index in [-0.39, 0.29) is 0 Å². The van der Waals surface area contributed by atoms with Crippen LogP contribution in [0.4, 0.5) is 0 Å². The van der Waals surface area contributed by atoms with Crippen LogP contribution in [0.2, 0.25) is 10.0 Å². The highest BCUT2D eigenvalue weighted by Crippen LogP contribution is 2.23. The van der Waals surface area contributed by atoms with Gasteiger partial charge in [0.15, 0.2) is 0 Å². The van der Waals surface area contributed by atoms with E-state index < -0.39 is 0 Å². The summed E-state index contributed by atoms with van der Waals surface area (Å²) in [6.07, 6.45) is 1.86. The molecular weight excluding hydrogens is 259 g/mol. The van der Waals surface area contributed by atoms with Crippen molar-refractivity contribution in [3.63, 3.8) is 0 Å². The van der Waals surface area contributed by atoms with Crippen molar-refractivity contribution in [2.24, 2.45) is 0 Å². The number of nitrogens with zero attached hydrogens (tertiary/aromatic N) is 3. The molecule has 17 heavy (non-hydrogen) atoms. The van der Waals surface area contributed by atoms with E-state index in [9.17, 15) is 0 Å². The molecule has 0 saturated heterocycles.